The van der Waals surface area contributed by atoms with E-state index < -0.39 is 10.0 Å². The summed E-state index contributed by atoms with van der Waals surface area (Å²) in [4.78, 5) is 37.4. The lowest BCUT2D eigenvalue weighted by Gasteiger charge is -2.49. The molecule has 262 valence electrons. The number of piperidine rings is 1. The number of amides is 1. The molecule has 2 aliphatic heterocycles. The maximum atomic E-state index is 14.5. The van der Waals surface area contributed by atoms with Crippen LogP contribution in [0.3, 0.4) is 0 Å². The van der Waals surface area contributed by atoms with Gasteiger partial charge in [-0.25, -0.2) is 23.1 Å². The SMILES string of the molecule is Cc1cccc(C)c1-c1cc2nc(n1)NS(=O)(=O)c1cccc(c1)C(=O)N(Cc1cncc(N3CCC[C@@H]4CC[C@@H]43)n1)[C@H](CCC(C)C)CO2. The van der Waals surface area contributed by atoms with Gasteiger partial charge in [-0.15, -0.1) is 0 Å². The zero-order chi connectivity index (χ0) is 35.0. The predicted octanol–water partition coefficient (Wildman–Crippen LogP) is 6.57. The Morgan fingerprint density at radius 3 is 2.54 bits per heavy atom. The minimum atomic E-state index is -4.16. The summed E-state index contributed by atoms with van der Waals surface area (Å²) in [5.74, 6) is 1.74. The summed E-state index contributed by atoms with van der Waals surface area (Å²) >= 11 is 0. The highest BCUT2D eigenvalue weighted by Gasteiger charge is 2.39. The Kier molecular flexibility index (Phi) is 9.47. The van der Waals surface area contributed by atoms with Gasteiger partial charge in [-0.2, -0.15) is 4.98 Å². The lowest BCUT2D eigenvalue weighted by molar-refractivity contribution is 0.0560. The van der Waals surface area contributed by atoms with Crippen molar-refractivity contribution in [2.24, 2.45) is 11.8 Å². The maximum Gasteiger partial charge on any atom is 0.264 e. The number of carbonyl (C=O) groups is 1. The van der Waals surface area contributed by atoms with Crippen LogP contribution < -0.4 is 14.4 Å². The molecule has 12 heteroatoms. The van der Waals surface area contributed by atoms with Crippen LogP contribution in [0.15, 0.2) is 65.8 Å². The lowest BCUT2D eigenvalue weighted by atomic mass is 9.73. The summed E-state index contributed by atoms with van der Waals surface area (Å²) in [5, 5.41) is 0. The molecule has 2 aromatic carbocycles. The van der Waals surface area contributed by atoms with Gasteiger partial charge in [-0.05, 0) is 93.5 Å². The number of aromatic nitrogens is 4. The van der Waals surface area contributed by atoms with Gasteiger partial charge in [0.15, 0.2) is 0 Å². The molecule has 0 unspecified atom stereocenters. The van der Waals surface area contributed by atoms with Gasteiger partial charge in [0.05, 0.1) is 41.3 Å². The van der Waals surface area contributed by atoms with Crippen LogP contribution >= 0.6 is 0 Å². The van der Waals surface area contributed by atoms with E-state index in [9.17, 15) is 13.2 Å². The Balaban J connectivity index is 1.30. The molecule has 1 aliphatic carbocycles. The van der Waals surface area contributed by atoms with E-state index in [0.717, 1.165) is 41.9 Å². The molecule has 4 aromatic rings. The molecule has 1 saturated carbocycles. The summed E-state index contributed by atoms with van der Waals surface area (Å²) in [6.07, 6.45) is 9.88. The van der Waals surface area contributed by atoms with E-state index in [0.29, 0.717) is 35.7 Å². The lowest BCUT2D eigenvalue weighted by Crippen LogP contribution is -2.51. The Morgan fingerprint density at radius 1 is 0.980 bits per heavy atom. The zero-order valence-corrected chi connectivity index (χ0v) is 30.0. The van der Waals surface area contributed by atoms with Gasteiger partial charge in [0.2, 0.25) is 11.8 Å². The van der Waals surface area contributed by atoms with Gasteiger partial charge in [0.25, 0.3) is 15.9 Å². The number of rotatable bonds is 7. The number of nitrogens with one attached hydrogen (secondary N) is 1. The Labute approximate surface area is 294 Å². The third kappa shape index (κ3) is 7.03. The van der Waals surface area contributed by atoms with Crippen molar-refractivity contribution in [1.82, 2.24) is 24.8 Å². The zero-order valence-electron chi connectivity index (χ0n) is 29.2. The van der Waals surface area contributed by atoms with Crippen LogP contribution in [0, 0.1) is 25.7 Å². The molecular weight excluding hydrogens is 651 g/mol. The van der Waals surface area contributed by atoms with E-state index in [2.05, 4.69) is 38.4 Å². The number of fused-ring (bicyclic) bond motifs is 5. The number of benzene rings is 2. The third-order valence-corrected chi connectivity index (χ3v) is 11.6. The number of ether oxygens (including phenoxy) is 1. The Morgan fingerprint density at radius 2 is 1.78 bits per heavy atom. The Bertz CT molecular complexity index is 1980. The van der Waals surface area contributed by atoms with Crippen molar-refractivity contribution in [2.75, 3.05) is 22.8 Å². The minimum absolute atomic E-state index is 0.0632. The molecule has 0 radical (unpaired) electrons. The molecule has 0 spiro atoms. The van der Waals surface area contributed by atoms with Crippen molar-refractivity contribution in [3.05, 3.63) is 83.3 Å². The van der Waals surface area contributed by atoms with Gasteiger partial charge in [-0.1, -0.05) is 38.1 Å². The first-order valence-electron chi connectivity index (χ1n) is 17.7. The second kappa shape index (κ2) is 14.0. The fraction of sp³-hybridized carbons (Fsp3) is 0.447. The van der Waals surface area contributed by atoms with E-state index in [4.69, 9.17) is 9.72 Å². The molecule has 2 fully saturated rings. The van der Waals surface area contributed by atoms with Crippen LogP contribution in [0.5, 0.6) is 5.88 Å². The van der Waals surface area contributed by atoms with E-state index in [1.807, 2.05) is 38.2 Å². The fourth-order valence-corrected chi connectivity index (χ4v) is 8.48. The van der Waals surface area contributed by atoms with Crippen molar-refractivity contribution in [3.63, 3.8) is 0 Å². The van der Waals surface area contributed by atoms with Crippen LogP contribution in [0.4, 0.5) is 11.8 Å². The number of aryl methyl sites for hydroxylation is 2. The van der Waals surface area contributed by atoms with E-state index in [1.165, 1.54) is 31.4 Å². The maximum absolute atomic E-state index is 14.5. The fourth-order valence-electron chi connectivity index (χ4n) is 7.49. The number of hydrogen-bond acceptors (Lipinski definition) is 9. The summed E-state index contributed by atoms with van der Waals surface area (Å²) < 4.78 is 36.4. The molecule has 3 atom stereocenters. The van der Waals surface area contributed by atoms with Crippen LogP contribution in [-0.4, -0.2) is 64.4 Å². The van der Waals surface area contributed by atoms with Crippen LogP contribution in [0.2, 0.25) is 0 Å². The van der Waals surface area contributed by atoms with Crippen molar-refractivity contribution in [3.8, 4) is 17.1 Å². The van der Waals surface area contributed by atoms with Crippen LogP contribution in [0.1, 0.15) is 79.6 Å². The van der Waals surface area contributed by atoms with Crippen molar-refractivity contribution < 1.29 is 17.9 Å². The van der Waals surface area contributed by atoms with Crippen molar-refractivity contribution >= 4 is 27.7 Å². The molecule has 7 rings (SSSR count). The summed E-state index contributed by atoms with van der Waals surface area (Å²) in [5.41, 5.74) is 4.31. The highest BCUT2D eigenvalue weighted by Crippen LogP contribution is 2.40. The Hall–Kier alpha value is -4.58. The minimum Gasteiger partial charge on any atom is -0.475 e. The number of carbonyl (C=O) groups excluding carboxylic acids is 1. The first-order valence-corrected chi connectivity index (χ1v) is 19.1. The second-order valence-electron chi connectivity index (χ2n) is 14.3. The van der Waals surface area contributed by atoms with Gasteiger partial charge in [0, 0.05) is 29.8 Å². The highest BCUT2D eigenvalue weighted by molar-refractivity contribution is 7.92. The normalized spacial score (nSPS) is 21.5. The predicted molar refractivity (Wildman–Crippen MR) is 193 cm³/mol. The molecule has 4 bridgehead atoms. The van der Waals surface area contributed by atoms with Crippen LogP contribution in [0.25, 0.3) is 11.3 Å². The number of sulfonamides is 1. The highest BCUT2D eigenvalue weighted by atomic mass is 32.2. The van der Waals surface area contributed by atoms with Gasteiger partial charge in [-0.3, -0.25) is 9.78 Å². The first-order chi connectivity index (χ1) is 24.1. The molecule has 50 heavy (non-hydrogen) atoms. The molecule has 1 amide bonds. The summed E-state index contributed by atoms with van der Waals surface area (Å²) in [7, 11) is -4.16. The standard InChI is InChI=1S/C38H45N7O4S/c1-24(2)13-15-30-23-49-35-19-32(36-25(3)8-5-9-26(36)4)41-38(42-35)43-50(47,48)31-12-6-10-28(18-31)37(46)45(30)22-29-20-39-21-34(40-29)44-17-7-11-27-14-16-33(27)44/h5-6,8-10,12,18-21,24,27,30,33H,7,11,13-17,22-23H2,1-4H3,(H,41,42,43)/t27-,30-,33+/m1/s1. The number of anilines is 2. The van der Waals surface area contributed by atoms with Crippen LogP contribution in [-0.2, 0) is 16.6 Å². The molecule has 1 saturated heterocycles. The first kappa shape index (κ1) is 33.9. The number of nitrogens with zero attached hydrogens (tertiary/aromatic N) is 6. The average Bonchev–Trinajstić information content (AvgIpc) is 3.07. The van der Waals surface area contributed by atoms with Gasteiger partial charge in [0.1, 0.15) is 12.4 Å². The van der Waals surface area contributed by atoms with Crippen molar-refractivity contribution in [1.29, 1.82) is 0 Å². The van der Waals surface area contributed by atoms with Gasteiger partial charge < -0.3 is 14.5 Å². The van der Waals surface area contributed by atoms with E-state index >= 15 is 0 Å². The van der Waals surface area contributed by atoms with Crippen molar-refractivity contribution in [2.45, 2.75) is 89.7 Å². The molecule has 3 aliphatic rings. The summed E-state index contributed by atoms with van der Waals surface area (Å²) in [6, 6.07) is 13.9. The molecular formula is C38H45N7O4S. The third-order valence-electron chi connectivity index (χ3n) is 10.3. The molecule has 1 N–H and O–H groups in total. The molecule has 2 aromatic heterocycles. The van der Waals surface area contributed by atoms with E-state index in [-0.39, 0.29) is 47.4 Å². The largest absolute Gasteiger partial charge is 0.475 e. The topological polar surface area (TPSA) is 131 Å². The molecule has 11 nitrogen and oxygen atoms in total. The molecule has 4 heterocycles. The van der Waals surface area contributed by atoms with E-state index in [1.54, 1.807) is 29.3 Å². The second-order valence-corrected chi connectivity index (χ2v) is 16.0. The summed E-state index contributed by atoms with van der Waals surface area (Å²) in [6.45, 7) is 9.56. The average molecular weight is 696 g/mol. The quantitative estimate of drug-likeness (QED) is 0.228. The van der Waals surface area contributed by atoms with Gasteiger partial charge >= 0.3 is 0 Å². The monoisotopic (exact) mass is 695 g/mol. The number of hydrogen-bond donors (Lipinski definition) is 1. The smallest absolute Gasteiger partial charge is 0.264 e.